The summed E-state index contributed by atoms with van der Waals surface area (Å²) in [6, 6.07) is 6.04. The highest BCUT2D eigenvalue weighted by Crippen LogP contribution is 2.29. The van der Waals surface area contributed by atoms with Crippen LogP contribution in [-0.4, -0.2) is 36.1 Å². The minimum atomic E-state index is -1.04. The van der Waals surface area contributed by atoms with Crippen molar-refractivity contribution in [2.75, 3.05) is 5.73 Å². The molecule has 1 aromatic carbocycles. The zero-order valence-corrected chi connectivity index (χ0v) is 17.6. The fourth-order valence-corrected chi connectivity index (χ4v) is 3.98. The third-order valence-electron chi connectivity index (χ3n) is 5.60. The van der Waals surface area contributed by atoms with Crippen molar-refractivity contribution in [2.45, 2.75) is 57.1 Å². The van der Waals surface area contributed by atoms with Crippen LogP contribution in [0, 0.1) is 17.7 Å². The number of carbonyl (C=O) groups is 1. The topological polar surface area (TPSA) is 133 Å². The average Bonchev–Trinajstić information content (AvgIpc) is 3.12. The van der Waals surface area contributed by atoms with Crippen molar-refractivity contribution in [3.63, 3.8) is 0 Å². The van der Waals surface area contributed by atoms with Crippen LogP contribution in [0.5, 0.6) is 0 Å². The molecule has 0 aliphatic heterocycles. The van der Waals surface area contributed by atoms with Gasteiger partial charge in [-0.2, -0.15) is 0 Å². The van der Waals surface area contributed by atoms with E-state index in [1.165, 1.54) is 12.1 Å². The van der Waals surface area contributed by atoms with Crippen molar-refractivity contribution in [3.05, 3.63) is 35.9 Å². The molecule has 1 saturated carbocycles. The molecule has 4 rings (SSSR count). The van der Waals surface area contributed by atoms with E-state index >= 15 is 0 Å². The lowest BCUT2D eigenvalue weighted by Crippen LogP contribution is -2.29. The van der Waals surface area contributed by atoms with Gasteiger partial charge in [-0.15, -0.1) is 0 Å². The van der Waals surface area contributed by atoms with Crippen LogP contribution in [0.3, 0.4) is 0 Å². The lowest BCUT2D eigenvalue weighted by molar-refractivity contribution is -0.118. The van der Waals surface area contributed by atoms with Gasteiger partial charge in [-0.25, -0.2) is 19.3 Å². The zero-order valence-electron chi connectivity index (χ0n) is 17.6. The summed E-state index contributed by atoms with van der Waals surface area (Å²) >= 11 is 0. The number of benzene rings is 1. The van der Waals surface area contributed by atoms with E-state index < -0.39 is 17.3 Å². The van der Waals surface area contributed by atoms with E-state index in [9.17, 15) is 14.3 Å². The lowest BCUT2D eigenvalue weighted by Gasteiger charge is -2.26. The van der Waals surface area contributed by atoms with Gasteiger partial charge in [-0.3, -0.25) is 4.79 Å². The summed E-state index contributed by atoms with van der Waals surface area (Å²) in [4.78, 5) is 24.6. The molecular formula is C23H25FN6O2. The van der Waals surface area contributed by atoms with Gasteiger partial charge in [-0.05, 0) is 50.2 Å². The van der Waals surface area contributed by atoms with Crippen molar-refractivity contribution < 1.29 is 14.3 Å². The van der Waals surface area contributed by atoms with Crippen molar-refractivity contribution >= 4 is 22.9 Å². The number of anilines is 1. The van der Waals surface area contributed by atoms with Crippen molar-refractivity contribution in [3.8, 4) is 23.2 Å². The molecule has 1 fully saturated rings. The van der Waals surface area contributed by atoms with Crippen molar-refractivity contribution in [1.82, 2.24) is 19.5 Å². The number of nitrogen functional groups attached to an aromatic ring is 1. The van der Waals surface area contributed by atoms with Crippen LogP contribution in [-0.2, 0) is 11.3 Å². The minimum absolute atomic E-state index is 0.140. The number of fused-ring (bicyclic) bond motifs is 1. The predicted octanol–water partition coefficient (Wildman–Crippen LogP) is 2.53. The van der Waals surface area contributed by atoms with E-state index in [0.29, 0.717) is 48.4 Å². The fraction of sp³-hybridized carbons (Fsp3) is 0.391. The highest BCUT2D eigenvalue weighted by molar-refractivity contribution is 5.86. The second kappa shape index (κ2) is 8.93. The average molecular weight is 436 g/mol. The predicted molar refractivity (Wildman–Crippen MR) is 118 cm³/mol. The molecule has 3 aromatic rings. The highest BCUT2D eigenvalue weighted by atomic mass is 19.1. The number of hydrogen-bond acceptors (Lipinski definition) is 6. The van der Waals surface area contributed by atoms with Crippen LogP contribution in [0.2, 0.25) is 0 Å². The molecule has 32 heavy (non-hydrogen) atoms. The first-order chi connectivity index (χ1) is 15.3. The van der Waals surface area contributed by atoms with Crippen LogP contribution in [0.25, 0.3) is 22.6 Å². The molecule has 1 amide bonds. The number of aryl methyl sites for hydroxylation is 1. The molecule has 0 spiro atoms. The standard InChI is InChI=1S/C23H25FN6O2/c24-16-7-4-6-15(14-16)21-29-19-20(26)27-18(9-12-23(32)10-2-1-3-11-23)28-22(19)30(21)13-5-8-17(25)31/h4,6-7,14,32H,1-3,5,8,10-11,13H2,(H2,25,31)(H2,26,27,28). The summed E-state index contributed by atoms with van der Waals surface area (Å²) < 4.78 is 15.6. The Hall–Kier alpha value is -3.51. The summed E-state index contributed by atoms with van der Waals surface area (Å²) in [7, 11) is 0. The molecular weight excluding hydrogens is 411 g/mol. The maximum atomic E-state index is 13.9. The maximum Gasteiger partial charge on any atom is 0.217 e. The number of aromatic nitrogens is 4. The summed E-state index contributed by atoms with van der Waals surface area (Å²) in [6.45, 7) is 0.374. The van der Waals surface area contributed by atoms with Gasteiger partial charge in [0.1, 0.15) is 17.2 Å². The molecule has 0 atom stereocenters. The van der Waals surface area contributed by atoms with Crippen LogP contribution in [0.15, 0.2) is 24.3 Å². The summed E-state index contributed by atoms with van der Waals surface area (Å²) in [5.74, 6) is 5.75. The number of halogens is 1. The monoisotopic (exact) mass is 436 g/mol. The Morgan fingerprint density at radius 1 is 1.22 bits per heavy atom. The third kappa shape index (κ3) is 4.70. The van der Waals surface area contributed by atoms with Gasteiger partial charge in [0.15, 0.2) is 17.0 Å². The van der Waals surface area contributed by atoms with Crippen LogP contribution in [0.1, 0.15) is 50.8 Å². The number of carbonyl (C=O) groups excluding carboxylic acids is 1. The highest BCUT2D eigenvalue weighted by Gasteiger charge is 2.27. The Labute approximate surface area is 184 Å². The number of nitrogens with zero attached hydrogens (tertiary/aromatic N) is 4. The molecule has 2 aromatic heterocycles. The van der Waals surface area contributed by atoms with Crippen molar-refractivity contribution in [2.24, 2.45) is 5.73 Å². The molecule has 1 aliphatic rings. The van der Waals surface area contributed by atoms with Crippen LogP contribution < -0.4 is 11.5 Å². The zero-order chi connectivity index (χ0) is 22.7. The van der Waals surface area contributed by atoms with Crippen LogP contribution >= 0.6 is 0 Å². The Kier molecular flexibility index (Phi) is 6.06. The molecule has 166 valence electrons. The summed E-state index contributed by atoms with van der Waals surface area (Å²) in [5.41, 5.74) is 11.7. The Morgan fingerprint density at radius 3 is 2.72 bits per heavy atom. The molecule has 0 radical (unpaired) electrons. The fourth-order valence-electron chi connectivity index (χ4n) is 3.98. The SMILES string of the molecule is NC(=O)CCCn1c(-c2cccc(F)c2)nc2c(N)nc(C#CC3(O)CCCCC3)nc21. The van der Waals surface area contributed by atoms with Gasteiger partial charge in [0, 0.05) is 18.5 Å². The second-order valence-corrected chi connectivity index (χ2v) is 8.11. The number of hydrogen-bond donors (Lipinski definition) is 3. The number of primary amides is 1. The van der Waals surface area contributed by atoms with Gasteiger partial charge in [0.25, 0.3) is 0 Å². The third-order valence-corrected chi connectivity index (χ3v) is 5.60. The summed E-state index contributed by atoms with van der Waals surface area (Å²) in [6.07, 6.45) is 4.82. The van der Waals surface area contributed by atoms with Gasteiger partial charge in [0.05, 0.1) is 0 Å². The molecule has 9 heteroatoms. The molecule has 1 aliphatic carbocycles. The molecule has 2 heterocycles. The number of amides is 1. The first kappa shape index (κ1) is 21.7. The second-order valence-electron chi connectivity index (χ2n) is 8.11. The molecule has 0 unspecified atom stereocenters. The molecule has 5 N–H and O–H groups in total. The molecule has 0 saturated heterocycles. The number of imidazole rings is 1. The lowest BCUT2D eigenvalue weighted by atomic mass is 9.85. The minimum Gasteiger partial charge on any atom is -0.382 e. The van der Waals surface area contributed by atoms with Crippen LogP contribution in [0.4, 0.5) is 10.2 Å². The maximum absolute atomic E-state index is 13.9. The Morgan fingerprint density at radius 2 is 2.00 bits per heavy atom. The largest absolute Gasteiger partial charge is 0.382 e. The summed E-state index contributed by atoms with van der Waals surface area (Å²) in [5, 5.41) is 10.7. The Bertz CT molecular complexity index is 1220. The quantitative estimate of drug-likeness (QED) is 0.527. The number of nitrogens with two attached hydrogens (primary N) is 2. The number of aliphatic hydroxyl groups is 1. The number of rotatable bonds is 5. The van der Waals surface area contributed by atoms with E-state index in [-0.39, 0.29) is 18.1 Å². The van der Waals surface area contributed by atoms with E-state index in [2.05, 4.69) is 26.8 Å². The van der Waals surface area contributed by atoms with E-state index in [1.807, 2.05) is 0 Å². The normalized spacial score (nSPS) is 15.3. The first-order valence-electron chi connectivity index (χ1n) is 10.7. The van der Waals surface area contributed by atoms with Gasteiger partial charge in [0.2, 0.25) is 11.7 Å². The van der Waals surface area contributed by atoms with E-state index in [0.717, 1.165) is 19.3 Å². The van der Waals surface area contributed by atoms with Gasteiger partial charge < -0.3 is 21.1 Å². The smallest absolute Gasteiger partial charge is 0.217 e. The van der Waals surface area contributed by atoms with Gasteiger partial charge >= 0.3 is 0 Å². The first-order valence-corrected chi connectivity index (χ1v) is 10.7. The van der Waals surface area contributed by atoms with Crippen molar-refractivity contribution in [1.29, 1.82) is 0 Å². The molecule has 8 nitrogen and oxygen atoms in total. The Balaban J connectivity index is 1.79. The van der Waals surface area contributed by atoms with E-state index in [4.69, 9.17) is 11.5 Å². The van der Waals surface area contributed by atoms with E-state index in [1.54, 1.807) is 16.7 Å². The molecule has 0 bridgehead atoms. The van der Waals surface area contributed by atoms with Gasteiger partial charge in [-0.1, -0.05) is 24.5 Å².